The van der Waals surface area contributed by atoms with Crippen molar-refractivity contribution < 1.29 is 4.79 Å². The number of Topliss-reactive ketones (excluding diaryl/α,β-unsaturated/α-hetero) is 1. The van der Waals surface area contributed by atoms with Gasteiger partial charge in [0.25, 0.3) is 0 Å². The Kier molecular flexibility index (Phi) is 5.14. The van der Waals surface area contributed by atoms with Crippen LogP contribution in [0, 0.1) is 13.8 Å². The molecule has 20 heavy (non-hydrogen) atoms. The van der Waals surface area contributed by atoms with Crippen molar-refractivity contribution >= 4 is 40.7 Å². The largest absolute Gasteiger partial charge is 0.293 e. The summed E-state index contributed by atoms with van der Waals surface area (Å²) in [6.07, 6.45) is 0. The Labute approximate surface area is 133 Å². The van der Waals surface area contributed by atoms with Gasteiger partial charge in [-0.2, -0.15) is 0 Å². The lowest BCUT2D eigenvalue weighted by Crippen LogP contribution is -2.04. The third kappa shape index (κ3) is 3.78. The molecule has 2 aromatic rings. The van der Waals surface area contributed by atoms with Crippen LogP contribution >= 0.6 is 35.0 Å². The van der Waals surface area contributed by atoms with E-state index in [4.69, 9.17) is 23.2 Å². The lowest BCUT2D eigenvalue weighted by atomic mass is 10.0. The normalized spacial score (nSPS) is 10.6. The molecule has 0 aliphatic heterocycles. The Morgan fingerprint density at radius 2 is 1.80 bits per heavy atom. The van der Waals surface area contributed by atoms with Crippen molar-refractivity contribution in [1.82, 2.24) is 0 Å². The molecule has 0 aromatic heterocycles. The summed E-state index contributed by atoms with van der Waals surface area (Å²) in [7, 11) is 0. The Bertz CT molecular complexity index is 653. The van der Waals surface area contributed by atoms with E-state index in [1.54, 1.807) is 12.1 Å². The van der Waals surface area contributed by atoms with Crippen molar-refractivity contribution in [1.29, 1.82) is 0 Å². The van der Waals surface area contributed by atoms with Gasteiger partial charge in [0.1, 0.15) is 0 Å². The molecule has 0 saturated heterocycles. The van der Waals surface area contributed by atoms with Crippen LogP contribution in [0.2, 0.25) is 10.0 Å². The van der Waals surface area contributed by atoms with Crippen molar-refractivity contribution in [2.24, 2.45) is 0 Å². The average molecular weight is 325 g/mol. The molecule has 0 spiro atoms. The molecular weight excluding hydrogens is 311 g/mol. The van der Waals surface area contributed by atoms with Crippen molar-refractivity contribution in [3.63, 3.8) is 0 Å². The fourth-order valence-corrected chi connectivity index (χ4v) is 3.10. The highest BCUT2D eigenvalue weighted by Crippen LogP contribution is 2.28. The van der Waals surface area contributed by atoms with E-state index in [0.717, 1.165) is 21.6 Å². The van der Waals surface area contributed by atoms with Gasteiger partial charge in [-0.05, 0) is 37.6 Å². The topological polar surface area (TPSA) is 17.1 Å². The quantitative estimate of drug-likeness (QED) is 0.539. The van der Waals surface area contributed by atoms with E-state index in [0.29, 0.717) is 15.8 Å². The van der Waals surface area contributed by atoms with E-state index < -0.39 is 0 Å². The van der Waals surface area contributed by atoms with Crippen LogP contribution in [-0.2, 0) is 0 Å². The SMILES string of the molecule is Cc1ccc(C(=O)CSc2ccc(Cl)c(Cl)c2)c(C)c1. The minimum Gasteiger partial charge on any atom is -0.293 e. The first-order chi connectivity index (χ1) is 9.47. The number of hydrogen-bond donors (Lipinski definition) is 0. The summed E-state index contributed by atoms with van der Waals surface area (Å²) in [5, 5.41) is 1.03. The maximum absolute atomic E-state index is 12.2. The summed E-state index contributed by atoms with van der Waals surface area (Å²) >= 11 is 13.3. The first-order valence-electron chi connectivity index (χ1n) is 6.15. The van der Waals surface area contributed by atoms with Crippen LogP contribution in [0.5, 0.6) is 0 Å². The lowest BCUT2D eigenvalue weighted by molar-refractivity contribution is 0.102. The Morgan fingerprint density at radius 3 is 2.45 bits per heavy atom. The number of thioether (sulfide) groups is 1. The van der Waals surface area contributed by atoms with Gasteiger partial charge in [0.05, 0.1) is 15.8 Å². The van der Waals surface area contributed by atoms with E-state index in [9.17, 15) is 4.79 Å². The van der Waals surface area contributed by atoms with Gasteiger partial charge in [0.15, 0.2) is 5.78 Å². The van der Waals surface area contributed by atoms with Crippen molar-refractivity contribution in [3.05, 3.63) is 63.1 Å². The van der Waals surface area contributed by atoms with Gasteiger partial charge in [-0.3, -0.25) is 4.79 Å². The summed E-state index contributed by atoms with van der Waals surface area (Å²) in [4.78, 5) is 13.2. The van der Waals surface area contributed by atoms with Crippen LogP contribution < -0.4 is 0 Å². The summed E-state index contributed by atoms with van der Waals surface area (Å²) in [5.74, 6) is 0.514. The molecule has 0 radical (unpaired) electrons. The van der Waals surface area contributed by atoms with Crippen LogP contribution in [0.1, 0.15) is 21.5 Å². The minimum atomic E-state index is 0.124. The first-order valence-corrected chi connectivity index (χ1v) is 7.90. The van der Waals surface area contributed by atoms with E-state index in [1.807, 2.05) is 38.1 Å². The summed E-state index contributed by atoms with van der Waals surface area (Å²) in [6, 6.07) is 11.3. The van der Waals surface area contributed by atoms with Crippen LogP contribution in [-0.4, -0.2) is 11.5 Å². The molecule has 0 unspecified atom stereocenters. The number of hydrogen-bond acceptors (Lipinski definition) is 2. The molecule has 2 aromatic carbocycles. The Balaban J connectivity index is 2.06. The standard InChI is InChI=1S/C16H14Cl2OS/c1-10-3-5-13(11(2)7-10)16(19)9-20-12-4-6-14(17)15(18)8-12/h3-8H,9H2,1-2H3. The van der Waals surface area contributed by atoms with E-state index in [2.05, 4.69) is 0 Å². The van der Waals surface area contributed by atoms with Gasteiger partial charge in [0, 0.05) is 10.5 Å². The number of aryl methyl sites for hydroxylation is 2. The monoisotopic (exact) mass is 324 g/mol. The molecule has 0 N–H and O–H groups in total. The fraction of sp³-hybridized carbons (Fsp3) is 0.188. The number of carbonyl (C=O) groups excluding carboxylic acids is 1. The Morgan fingerprint density at radius 1 is 1.05 bits per heavy atom. The summed E-state index contributed by atoms with van der Waals surface area (Å²) in [5.41, 5.74) is 2.96. The van der Waals surface area contributed by atoms with Crippen LogP contribution in [0.4, 0.5) is 0 Å². The molecule has 0 bridgehead atoms. The molecule has 0 amide bonds. The number of ketones is 1. The molecule has 1 nitrogen and oxygen atoms in total. The predicted molar refractivity (Wildman–Crippen MR) is 87.4 cm³/mol. The second kappa shape index (κ2) is 6.66. The number of rotatable bonds is 4. The highest BCUT2D eigenvalue weighted by molar-refractivity contribution is 8.00. The molecule has 0 aliphatic rings. The number of carbonyl (C=O) groups is 1. The zero-order chi connectivity index (χ0) is 14.7. The second-order valence-electron chi connectivity index (χ2n) is 4.61. The molecule has 104 valence electrons. The van der Waals surface area contributed by atoms with E-state index in [-0.39, 0.29) is 5.78 Å². The molecule has 0 aliphatic carbocycles. The van der Waals surface area contributed by atoms with E-state index in [1.165, 1.54) is 11.8 Å². The van der Waals surface area contributed by atoms with Crippen LogP contribution in [0.3, 0.4) is 0 Å². The molecule has 0 heterocycles. The van der Waals surface area contributed by atoms with Crippen LogP contribution in [0.25, 0.3) is 0 Å². The third-order valence-corrected chi connectivity index (χ3v) is 4.68. The summed E-state index contributed by atoms with van der Waals surface area (Å²) < 4.78 is 0. The van der Waals surface area contributed by atoms with Gasteiger partial charge in [-0.25, -0.2) is 0 Å². The smallest absolute Gasteiger partial charge is 0.173 e. The molecule has 0 fully saturated rings. The van der Waals surface area contributed by atoms with E-state index >= 15 is 0 Å². The molecule has 2 rings (SSSR count). The zero-order valence-electron chi connectivity index (χ0n) is 11.2. The second-order valence-corrected chi connectivity index (χ2v) is 6.47. The van der Waals surface area contributed by atoms with Gasteiger partial charge in [-0.1, -0.05) is 47.0 Å². The molecule has 0 saturated carbocycles. The lowest BCUT2D eigenvalue weighted by Gasteiger charge is -2.06. The van der Waals surface area contributed by atoms with Crippen LogP contribution in [0.15, 0.2) is 41.3 Å². The number of benzene rings is 2. The van der Waals surface area contributed by atoms with Gasteiger partial charge in [-0.15, -0.1) is 11.8 Å². The fourth-order valence-electron chi connectivity index (χ4n) is 1.92. The average Bonchev–Trinajstić information content (AvgIpc) is 2.40. The van der Waals surface area contributed by atoms with Gasteiger partial charge >= 0.3 is 0 Å². The van der Waals surface area contributed by atoms with Gasteiger partial charge in [0.2, 0.25) is 0 Å². The maximum Gasteiger partial charge on any atom is 0.173 e. The molecule has 0 atom stereocenters. The molecular formula is C16H14Cl2OS. The number of halogens is 2. The first kappa shape index (κ1) is 15.4. The third-order valence-electron chi connectivity index (χ3n) is 2.94. The predicted octanol–water partition coefficient (Wildman–Crippen LogP) is 5.59. The highest BCUT2D eigenvalue weighted by atomic mass is 35.5. The minimum absolute atomic E-state index is 0.124. The van der Waals surface area contributed by atoms with Crippen molar-refractivity contribution in [3.8, 4) is 0 Å². The Hall–Kier alpha value is -0.960. The van der Waals surface area contributed by atoms with Crippen molar-refractivity contribution in [2.75, 3.05) is 5.75 Å². The zero-order valence-corrected chi connectivity index (χ0v) is 13.6. The maximum atomic E-state index is 12.2. The molecule has 4 heteroatoms. The summed E-state index contributed by atoms with van der Waals surface area (Å²) in [6.45, 7) is 3.98. The van der Waals surface area contributed by atoms with Crippen molar-refractivity contribution in [2.45, 2.75) is 18.7 Å². The highest BCUT2D eigenvalue weighted by Gasteiger charge is 2.10. The van der Waals surface area contributed by atoms with Gasteiger partial charge < -0.3 is 0 Å².